The summed E-state index contributed by atoms with van der Waals surface area (Å²) in [5.41, 5.74) is -0.0716. The molecule has 0 N–H and O–H groups in total. The Kier molecular flexibility index (Phi) is 4.17. The molecule has 1 aliphatic rings. The van der Waals surface area contributed by atoms with E-state index in [-0.39, 0.29) is 12.0 Å². The minimum atomic E-state index is -4.32. The van der Waals surface area contributed by atoms with Gasteiger partial charge in [0, 0.05) is 18.4 Å². The Bertz CT molecular complexity index is 405. The Hall–Kier alpha value is -0.740. The molecule has 0 amide bonds. The second kappa shape index (κ2) is 5.49. The normalized spacial score (nSPS) is 25.1. The molecule has 1 saturated heterocycles. The number of hydrogen-bond donors (Lipinski definition) is 0. The Morgan fingerprint density at radius 2 is 2.11 bits per heavy atom. The number of alkyl halides is 4. The zero-order valence-electron chi connectivity index (χ0n) is 9.71. The Morgan fingerprint density at radius 1 is 1.33 bits per heavy atom. The van der Waals surface area contributed by atoms with Gasteiger partial charge in [0.2, 0.25) is 0 Å². The van der Waals surface area contributed by atoms with Crippen molar-refractivity contribution in [1.29, 1.82) is 0 Å². The molecule has 1 fully saturated rings. The van der Waals surface area contributed by atoms with Gasteiger partial charge in [-0.2, -0.15) is 13.2 Å². The highest BCUT2D eigenvalue weighted by molar-refractivity contribution is 6.18. The van der Waals surface area contributed by atoms with Gasteiger partial charge in [0.1, 0.15) is 0 Å². The van der Waals surface area contributed by atoms with E-state index in [1.165, 1.54) is 6.07 Å². The van der Waals surface area contributed by atoms with Gasteiger partial charge in [-0.1, -0.05) is 12.1 Å². The van der Waals surface area contributed by atoms with Crippen molar-refractivity contribution in [2.45, 2.75) is 25.1 Å². The van der Waals surface area contributed by atoms with Crippen molar-refractivity contribution in [2.24, 2.45) is 5.92 Å². The van der Waals surface area contributed by atoms with E-state index in [4.69, 9.17) is 16.3 Å². The van der Waals surface area contributed by atoms with E-state index in [1.807, 2.05) is 0 Å². The third-order valence-electron chi connectivity index (χ3n) is 3.19. The summed E-state index contributed by atoms with van der Waals surface area (Å²) in [5, 5.41) is 0. The maximum absolute atomic E-state index is 12.6. The quantitative estimate of drug-likeness (QED) is 0.728. The highest BCUT2D eigenvalue weighted by atomic mass is 35.5. The van der Waals surface area contributed by atoms with Gasteiger partial charge in [-0.15, -0.1) is 11.6 Å². The maximum Gasteiger partial charge on any atom is 0.416 e. The van der Waals surface area contributed by atoms with E-state index < -0.39 is 11.7 Å². The third kappa shape index (κ3) is 2.98. The summed E-state index contributed by atoms with van der Waals surface area (Å²) in [7, 11) is 0. The Labute approximate surface area is 109 Å². The van der Waals surface area contributed by atoms with Crippen LogP contribution in [0.2, 0.25) is 0 Å². The van der Waals surface area contributed by atoms with Gasteiger partial charge in [-0.3, -0.25) is 0 Å². The van der Waals surface area contributed by atoms with E-state index in [0.717, 1.165) is 25.0 Å². The zero-order chi connectivity index (χ0) is 13.2. The number of halogens is 4. The molecule has 1 nitrogen and oxygen atoms in total. The molecule has 1 aliphatic heterocycles. The standard InChI is InChI=1S/C13H14ClF3O/c14-8-10-4-2-6-18-12(10)9-3-1-5-11(7-9)13(15,16)17/h1,3,5,7,10,12H,2,4,6,8H2. The monoisotopic (exact) mass is 278 g/mol. The van der Waals surface area contributed by atoms with Gasteiger partial charge in [-0.25, -0.2) is 0 Å². The molecule has 2 atom stereocenters. The molecule has 1 aromatic carbocycles. The lowest BCUT2D eigenvalue weighted by Crippen LogP contribution is -2.24. The molecule has 18 heavy (non-hydrogen) atoms. The third-order valence-corrected chi connectivity index (χ3v) is 3.58. The van der Waals surface area contributed by atoms with Crippen LogP contribution in [0.1, 0.15) is 30.1 Å². The van der Waals surface area contributed by atoms with E-state index in [1.54, 1.807) is 6.07 Å². The molecule has 2 unspecified atom stereocenters. The summed E-state index contributed by atoms with van der Waals surface area (Å²) < 4.78 is 43.5. The fourth-order valence-electron chi connectivity index (χ4n) is 2.26. The smallest absolute Gasteiger partial charge is 0.373 e. The van der Waals surface area contributed by atoms with E-state index in [0.29, 0.717) is 18.1 Å². The summed E-state index contributed by atoms with van der Waals surface area (Å²) in [6.07, 6.45) is -2.84. The molecule has 2 rings (SSSR count). The topological polar surface area (TPSA) is 9.23 Å². The van der Waals surface area contributed by atoms with Crippen molar-refractivity contribution in [3.05, 3.63) is 35.4 Å². The van der Waals surface area contributed by atoms with Crippen molar-refractivity contribution >= 4 is 11.6 Å². The van der Waals surface area contributed by atoms with Gasteiger partial charge in [0.15, 0.2) is 0 Å². The number of rotatable bonds is 2. The Balaban J connectivity index is 2.27. The van der Waals surface area contributed by atoms with Crippen LogP contribution in [0.4, 0.5) is 13.2 Å². The molecular formula is C13H14ClF3O. The second-order valence-corrected chi connectivity index (χ2v) is 4.78. The highest BCUT2D eigenvalue weighted by Crippen LogP contribution is 2.37. The molecule has 0 aromatic heterocycles. The van der Waals surface area contributed by atoms with Gasteiger partial charge in [-0.05, 0) is 30.5 Å². The molecular weight excluding hydrogens is 265 g/mol. The predicted molar refractivity (Wildman–Crippen MR) is 63.6 cm³/mol. The molecule has 0 saturated carbocycles. The van der Waals surface area contributed by atoms with Crippen LogP contribution in [0.5, 0.6) is 0 Å². The fraction of sp³-hybridized carbons (Fsp3) is 0.538. The molecule has 1 aromatic rings. The molecule has 100 valence electrons. The molecule has 0 bridgehead atoms. The van der Waals surface area contributed by atoms with Crippen LogP contribution >= 0.6 is 11.6 Å². The average Bonchev–Trinajstić information content (AvgIpc) is 2.38. The van der Waals surface area contributed by atoms with Crippen LogP contribution in [-0.2, 0) is 10.9 Å². The van der Waals surface area contributed by atoms with Crippen LogP contribution in [-0.4, -0.2) is 12.5 Å². The summed E-state index contributed by atoms with van der Waals surface area (Å²) in [4.78, 5) is 0. The van der Waals surface area contributed by atoms with Gasteiger partial charge >= 0.3 is 6.18 Å². The first-order valence-electron chi connectivity index (χ1n) is 5.87. The van der Waals surface area contributed by atoms with Crippen molar-refractivity contribution in [3.8, 4) is 0 Å². The van der Waals surface area contributed by atoms with Crippen molar-refractivity contribution in [2.75, 3.05) is 12.5 Å². The van der Waals surface area contributed by atoms with Crippen LogP contribution < -0.4 is 0 Å². The largest absolute Gasteiger partial charge is 0.416 e. The van der Waals surface area contributed by atoms with Crippen LogP contribution in [0.25, 0.3) is 0 Å². The summed E-state index contributed by atoms with van der Waals surface area (Å²) >= 11 is 5.85. The van der Waals surface area contributed by atoms with Crippen molar-refractivity contribution in [3.63, 3.8) is 0 Å². The fourth-order valence-corrected chi connectivity index (χ4v) is 2.58. The minimum absolute atomic E-state index is 0.0869. The maximum atomic E-state index is 12.6. The highest BCUT2D eigenvalue weighted by Gasteiger charge is 2.33. The number of hydrogen-bond acceptors (Lipinski definition) is 1. The van der Waals surface area contributed by atoms with Crippen molar-refractivity contribution < 1.29 is 17.9 Å². The summed E-state index contributed by atoms with van der Waals surface area (Å²) in [6.45, 7) is 0.578. The van der Waals surface area contributed by atoms with E-state index in [9.17, 15) is 13.2 Å². The number of benzene rings is 1. The van der Waals surface area contributed by atoms with Crippen LogP contribution in [0.15, 0.2) is 24.3 Å². The molecule has 0 aliphatic carbocycles. The van der Waals surface area contributed by atoms with E-state index in [2.05, 4.69) is 0 Å². The van der Waals surface area contributed by atoms with Gasteiger partial charge in [0.25, 0.3) is 0 Å². The predicted octanol–water partition coefficient (Wildman–Crippen LogP) is 4.41. The summed E-state index contributed by atoms with van der Waals surface area (Å²) in [6, 6.07) is 5.32. The molecule has 1 heterocycles. The van der Waals surface area contributed by atoms with Crippen molar-refractivity contribution in [1.82, 2.24) is 0 Å². The van der Waals surface area contributed by atoms with Gasteiger partial charge in [0.05, 0.1) is 11.7 Å². The van der Waals surface area contributed by atoms with Crippen LogP contribution in [0.3, 0.4) is 0 Å². The molecule has 0 radical (unpaired) electrons. The minimum Gasteiger partial charge on any atom is -0.373 e. The molecule has 0 spiro atoms. The SMILES string of the molecule is FC(F)(F)c1cccc(C2OCCCC2CCl)c1. The number of ether oxygens (including phenoxy) is 1. The summed E-state index contributed by atoms with van der Waals surface area (Å²) in [5.74, 6) is 0.491. The van der Waals surface area contributed by atoms with Gasteiger partial charge < -0.3 is 4.74 Å². The lowest BCUT2D eigenvalue weighted by molar-refractivity contribution is -0.137. The first-order valence-corrected chi connectivity index (χ1v) is 6.40. The second-order valence-electron chi connectivity index (χ2n) is 4.47. The lowest BCUT2D eigenvalue weighted by Gasteiger charge is -2.31. The average molecular weight is 279 g/mol. The molecule has 5 heteroatoms. The Morgan fingerprint density at radius 3 is 2.78 bits per heavy atom. The zero-order valence-corrected chi connectivity index (χ0v) is 10.5. The first kappa shape index (κ1) is 13.7. The first-order chi connectivity index (χ1) is 8.52. The van der Waals surface area contributed by atoms with E-state index >= 15 is 0 Å². The lowest BCUT2D eigenvalue weighted by atomic mass is 9.90. The van der Waals surface area contributed by atoms with Crippen LogP contribution in [0, 0.1) is 5.92 Å².